The number of alkyl halides is 2. The average Bonchev–Trinajstić information content (AvgIpc) is 2.41. The van der Waals surface area contributed by atoms with E-state index in [-0.39, 0.29) is 26.0 Å². The smallest absolute Gasteiger partial charge is 0.326 e. The van der Waals surface area contributed by atoms with Crippen molar-refractivity contribution in [3.63, 3.8) is 0 Å². The molecule has 0 saturated carbocycles. The van der Waals surface area contributed by atoms with Crippen LogP contribution in [0.4, 0.5) is 13.6 Å². The van der Waals surface area contributed by atoms with E-state index in [2.05, 4.69) is 20.1 Å². The van der Waals surface area contributed by atoms with Crippen LogP contribution in [-0.4, -0.2) is 62.4 Å². The predicted molar refractivity (Wildman–Crippen MR) is 66.0 cm³/mol. The molecule has 8 nitrogen and oxygen atoms in total. The number of rotatable bonds is 10. The fraction of sp³-hybridized carbons (Fsp3) is 0.727. The summed E-state index contributed by atoms with van der Waals surface area (Å²) in [7, 11) is 1.16. The van der Waals surface area contributed by atoms with Gasteiger partial charge in [0.25, 0.3) is 6.43 Å². The van der Waals surface area contributed by atoms with Crippen LogP contribution in [-0.2, 0) is 19.1 Å². The van der Waals surface area contributed by atoms with Gasteiger partial charge in [-0.3, -0.25) is 4.79 Å². The number of carboxylic acids is 1. The van der Waals surface area contributed by atoms with Gasteiger partial charge in [0.1, 0.15) is 12.6 Å². The largest absolute Gasteiger partial charge is 0.480 e. The highest BCUT2D eigenvalue weighted by Gasteiger charge is 2.20. The molecule has 0 bridgehead atoms. The second-order valence-electron chi connectivity index (χ2n) is 3.87. The van der Waals surface area contributed by atoms with Crippen LogP contribution in [0, 0.1) is 0 Å². The number of amides is 2. The van der Waals surface area contributed by atoms with E-state index in [0.29, 0.717) is 0 Å². The third kappa shape index (κ3) is 10.5. The van der Waals surface area contributed by atoms with Crippen molar-refractivity contribution in [3.05, 3.63) is 0 Å². The van der Waals surface area contributed by atoms with Gasteiger partial charge >= 0.3 is 18.0 Å². The Bertz CT molecular complexity index is 354. The highest BCUT2D eigenvalue weighted by Crippen LogP contribution is 1.99. The summed E-state index contributed by atoms with van der Waals surface area (Å²) >= 11 is 0. The molecule has 0 aliphatic carbocycles. The minimum absolute atomic E-state index is 0.0537. The zero-order valence-corrected chi connectivity index (χ0v) is 11.4. The molecule has 2 amide bonds. The van der Waals surface area contributed by atoms with Crippen LogP contribution >= 0.6 is 0 Å². The van der Waals surface area contributed by atoms with Crippen LogP contribution in [0.15, 0.2) is 0 Å². The first kappa shape index (κ1) is 19.0. The van der Waals surface area contributed by atoms with E-state index < -0.39 is 37.0 Å². The molecule has 0 rings (SSSR count). The molecule has 21 heavy (non-hydrogen) atoms. The second-order valence-corrected chi connectivity index (χ2v) is 3.87. The standard InChI is InChI=1S/C11H18F2N2O6/c1-20-9(16)3-2-7(10(17)18)15-11(19)14-4-5-21-6-8(12)13/h7-8H,2-6H2,1H3,(H,17,18)(H2,14,15,19)/t7-/m0/s1. The molecule has 0 aromatic rings. The zero-order valence-electron chi connectivity index (χ0n) is 11.4. The molecule has 0 heterocycles. The molecule has 0 unspecified atom stereocenters. The van der Waals surface area contributed by atoms with E-state index in [1.807, 2.05) is 0 Å². The molecular formula is C11H18F2N2O6. The summed E-state index contributed by atoms with van der Waals surface area (Å²) in [5.41, 5.74) is 0. The van der Waals surface area contributed by atoms with Gasteiger partial charge in [-0.15, -0.1) is 0 Å². The third-order valence-electron chi connectivity index (χ3n) is 2.24. The second kappa shape index (κ2) is 10.8. The van der Waals surface area contributed by atoms with Gasteiger partial charge in [-0.2, -0.15) is 0 Å². The van der Waals surface area contributed by atoms with Gasteiger partial charge in [0.2, 0.25) is 0 Å². The number of esters is 1. The fourth-order valence-corrected chi connectivity index (χ4v) is 1.24. The summed E-state index contributed by atoms with van der Waals surface area (Å²) in [5.74, 6) is -1.90. The minimum atomic E-state index is -2.59. The number of carbonyl (C=O) groups is 3. The maximum absolute atomic E-state index is 11.7. The van der Waals surface area contributed by atoms with Gasteiger partial charge in [-0.1, -0.05) is 0 Å². The lowest BCUT2D eigenvalue weighted by molar-refractivity contribution is -0.142. The lowest BCUT2D eigenvalue weighted by atomic mass is 10.1. The summed E-state index contributed by atoms with van der Waals surface area (Å²) in [6.45, 7) is -0.917. The number of hydrogen-bond donors (Lipinski definition) is 3. The Labute approximate surface area is 119 Å². The van der Waals surface area contributed by atoms with Crippen molar-refractivity contribution in [3.8, 4) is 0 Å². The molecule has 0 spiro atoms. The van der Waals surface area contributed by atoms with Crippen LogP contribution in [0.5, 0.6) is 0 Å². The van der Waals surface area contributed by atoms with E-state index >= 15 is 0 Å². The fourth-order valence-electron chi connectivity index (χ4n) is 1.24. The van der Waals surface area contributed by atoms with Crippen LogP contribution in [0.25, 0.3) is 0 Å². The van der Waals surface area contributed by atoms with Crippen molar-refractivity contribution < 1.29 is 37.7 Å². The highest BCUT2D eigenvalue weighted by atomic mass is 19.3. The van der Waals surface area contributed by atoms with E-state index in [4.69, 9.17) is 5.11 Å². The SMILES string of the molecule is COC(=O)CC[C@H](NC(=O)NCCOCC(F)F)C(=O)O. The van der Waals surface area contributed by atoms with Crippen LogP contribution in [0.1, 0.15) is 12.8 Å². The summed E-state index contributed by atoms with van der Waals surface area (Å²) < 4.78 is 32.3. The molecule has 0 fully saturated rings. The van der Waals surface area contributed by atoms with Gasteiger partial charge in [-0.05, 0) is 6.42 Å². The Morgan fingerprint density at radius 3 is 2.48 bits per heavy atom. The first-order valence-corrected chi connectivity index (χ1v) is 6.06. The van der Waals surface area contributed by atoms with Gasteiger partial charge < -0.3 is 25.2 Å². The quantitative estimate of drug-likeness (QED) is 0.386. The van der Waals surface area contributed by atoms with Crippen molar-refractivity contribution in [2.75, 3.05) is 26.9 Å². The molecule has 3 N–H and O–H groups in total. The molecule has 0 radical (unpaired) electrons. The lowest BCUT2D eigenvalue weighted by Gasteiger charge is -2.14. The van der Waals surface area contributed by atoms with Crippen LogP contribution in [0.2, 0.25) is 0 Å². The predicted octanol–water partition coefficient (Wildman–Crippen LogP) is -0.0263. The number of carboxylic acid groups (broad SMARTS) is 1. The van der Waals surface area contributed by atoms with Crippen LogP contribution in [0.3, 0.4) is 0 Å². The number of urea groups is 1. The highest BCUT2D eigenvalue weighted by molar-refractivity contribution is 5.83. The number of ether oxygens (including phenoxy) is 2. The van der Waals surface area contributed by atoms with Crippen molar-refractivity contribution in [1.29, 1.82) is 0 Å². The number of aliphatic carboxylic acids is 1. The van der Waals surface area contributed by atoms with Crippen molar-refractivity contribution >= 4 is 18.0 Å². The monoisotopic (exact) mass is 312 g/mol. The summed E-state index contributed by atoms with van der Waals surface area (Å²) in [6, 6.07) is -2.06. The van der Waals surface area contributed by atoms with E-state index in [1.165, 1.54) is 0 Å². The van der Waals surface area contributed by atoms with E-state index in [9.17, 15) is 23.2 Å². The number of hydrogen-bond acceptors (Lipinski definition) is 5. The Morgan fingerprint density at radius 1 is 1.29 bits per heavy atom. The third-order valence-corrected chi connectivity index (χ3v) is 2.24. The van der Waals surface area contributed by atoms with Crippen LogP contribution < -0.4 is 10.6 Å². The summed E-state index contributed by atoms with van der Waals surface area (Å²) in [6.07, 6.45) is -2.88. The number of halogens is 2. The molecule has 122 valence electrons. The maximum atomic E-state index is 11.7. The minimum Gasteiger partial charge on any atom is -0.480 e. The number of methoxy groups -OCH3 is 1. The Balaban J connectivity index is 3.95. The topological polar surface area (TPSA) is 114 Å². The first-order valence-electron chi connectivity index (χ1n) is 6.06. The Hall–Kier alpha value is -1.97. The van der Waals surface area contributed by atoms with Crippen molar-refractivity contribution in [1.82, 2.24) is 10.6 Å². The summed E-state index contributed by atoms with van der Waals surface area (Å²) in [5, 5.41) is 13.3. The van der Waals surface area contributed by atoms with Gasteiger partial charge in [0, 0.05) is 13.0 Å². The van der Waals surface area contributed by atoms with E-state index in [0.717, 1.165) is 7.11 Å². The average molecular weight is 312 g/mol. The van der Waals surface area contributed by atoms with Gasteiger partial charge in [0.15, 0.2) is 0 Å². The normalized spacial score (nSPS) is 11.8. The summed E-state index contributed by atoms with van der Waals surface area (Å²) in [4.78, 5) is 33.2. The Kier molecular flexibility index (Phi) is 9.76. The molecule has 1 atom stereocenters. The molecule has 0 aliphatic heterocycles. The number of carbonyl (C=O) groups excluding carboxylic acids is 2. The van der Waals surface area contributed by atoms with Gasteiger partial charge in [0.05, 0.1) is 13.7 Å². The molecule has 0 aromatic carbocycles. The zero-order chi connectivity index (χ0) is 16.3. The maximum Gasteiger partial charge on any atom is 0.326 e. The van der Waals surface area contributed by atoms with E-state index in [1.54, 1.807) is 0 Å². The van der Waals surface area contributed by atoms with Gasteiger partial charge in [-0.25, -0.2) is 18.4 Å². The molecule has 0 aromatic heterocycles. The van der Waals surface area contributed by atoms with Crippen molar-refractivity contribution in [2.45, 2.75) is 25.3 Å². The molecular weight excluding hydrogens is 294 g/mol. The molecule has 0 aliphatic rings. The molecule has 10 heteroatoms. The van der Waals surface area contributed by atoms with Crippen molar-refractivity contribution in [2.24, 2.45) is 0 Å². The first-order chi connectivity index (χ1) is 9.86. The lowest BCUT2D eigenvalue weighted by Crippen LogP contribution is -2.47. The Morgan fingerprint density at radius 2 is 1.95 bits per heavy atom. The number of nitrogens with one attached hydrogen (secondary N) is 2. The molecule has 0 saturated heterocycles.